The van der Waals surface area contributed by atoms with Crippen molar-refractivity contribution in [2.24, 2.45) is 11.8 Å². The average molecular weight is 230 g/mol. The Bertz CT molecular complexity index is 342. The number of hydrogen-bond donors (Lipinski definition) is 0. The lowest BCUT2D eigenvalue weighted by Crippen LogP contribution is -2.32. The van der Waals surface area contributed by atoms with Crippen molar-refractivity contribution in [1.82, 2.24) is 0 Å². The molecule has 0 amide bonds. The Hall–Kier alpha value is -1.44. The van der Waals surface area contributed by atoms with Crippen molar-refractivity contribution in [3.05, 3.63) is 49.0 Å². The van der Waals surface area contributed by atoms with Crippen molar-refractivity contribution >= 4 is 0 Å². The van der Waals surface area contributed by atoms with E-state index in [4.69, 9.17) is 9.47 Å². The summed E-state index contributed by atoms with van der Waals surface area (Å²) in [6, 6.07) is 0. The van der Waals surface area contributed by atoms with E-state index in [9.17, 15) is 0 Å². The minimum Gasteiger partial charge on any atom is -0.494 e. The van der Waals surface area contributed by atoms with Crippen molar-refractivity contribution in [2.45, 2.75) is 31.5 Å². The monoisotopic (exact) mass is 230 g/mol. The van der Waals surface area contributed by atoms with Gasteiger partial charge in [0.25, 0.3) is 0 Å². The lowest BCUT2D eigenvalue weighted by molar-refractivity contribution is 0.0456. The molecule has 1 fully saturated rings. The van der Waals surface area contributed by atoms with Crippen LogP contribution in [-0.2, 0) is 9.47 Å². The van der Waals surface area contributed by atoms with E-state index in [1.165, 1.54) is 19.3 Å². The lowest BCUT2D eigenvalue weighted by atomic mass is 9.85. The summed E-state index contributed by atoms with van der Waals surface area (Å²) < 4.78 is 11.4. The Balaban J connectivity index is 1.71. The van der Waals surface area contributed by atoms with Gasteiger partial charge < -0.3 is 9.47 Å². The van der Waals surface area contributed by atoms with Gasteiger partial charge in [0.05, 0.1) is 12.5 Å². The molecule has 0 bridgehead atoms. The highest BCUT2D eigenvalue weighted by molar-refractivity contribution is 5.13. The van der Waals surface area contributed by atoms with E-state index in [1.54, 1.807) is 12.5 Å². The minimum atomic E-state index is 0.232. The van der Waals surface area contributed by atoms with Gasteiger partial charge in [0, 0.05) is 11.8 Å². The minimum absolute atomic E-state index is 0.232. The first-order chi connectivity index (χ1) is 8.45. The number of allylic oxidation sites excluding steroid dienone is 4. The Morgan fingerprint density at radius 2 is 1.24 bits per heavy atom. The molecule has 3 rings (SSSR count). The summed E-state index contributed by atoms with van der Waals surface area (Å²) >= 11 is 0. The molecule has 0 radical (unpaired) electrons. The zero-order valence-electron chi connectivity index (χ0n) is 9.87. The molecule has 3 aliphatic rings. The zero-order chi connectivity index (χ0) is 11.5. The van der Waals surface area contributed by atoms with Crippen LogP contribution in [0.5, 0.6) is 0 Å². The molecule has 17 heavy (non-hydrogen) atoms. The van der Waals surface area contributed by atoms with E-state index in [0.29, 0.717) is 11.8 Å². The SMILES string of the molecule is C1=COC(C2CCCC2C2C=CC=CO2)C=C1. The van der Waals surface area contributed by atoms with Crippen molar-refractivity contribution in [1.29, 1.82) is 0 Å². The lowest BCUT2D eigenvalue weighted by Gasteiger charge is -2.31. The number of hydrogen-bond acceptors (Lipinski definition) is 2. The normalized spacial score (nSPS) is 39.1. The highest BCUT2D eigenvalue weighted by Gasteiger charge is 2.38. The van der Waals surface area contributed by atoms with Crippen LogP contribution in [0.1, 0.15) is 19.3 Å². The summed E-state index contributed by atoms with van der Waals surface area (Å²) in [4.78, 5) is 0. The van der Waals surface area contributed by atoms with Crippen molar-refractivity contribution < 1.29 is 9.47 Å². The molecule has 1 saturated carbocycles. The summed E-state index contributed by atoms with van der Waals surface area (Å²) in [5.74, 6) is 1.16. The molecule has 90 valence electrons. The molecule has 2 nitrogen and oxygen atoms in total. The maximum Gasteiger partial charge on any atom is 0.119 e. The third-order valence-electron chi connectivity index (χ3n) is 3.92. The second-order valence-electron chi connectivity index (χ2n) is 4.89. The van der Waals surface area contributed by atoms with Gasteiger partial charge in [0.2, 0.25) is 0 Å². The van der Waals surface area contributed by atoms with Gasteiger partial charge in [-0.2, -0.15) is 0 Å². The molecule has 0 N–H and O–H groups in total. The van der Waals surface area contributed by atoms with Crippen LogP contribution in [-0.4, -0.2) is 12.2 Å². The fourth-order valence-corrected chi connectivity index (χ4v) is 3.12. The Morgan fingerprint density at radius 3 is 1.65 bits per heavy atom. The largest absolute Gasteiger partial charge is 0.494 e. The molecule has 0 saturated heterocycles. The zero-order valence-corrected chi connectivity index (χ0v) is 9.87. The molecule has 1 aliphatic carbocycles. The van der Waals surface area contributed by atoms with Crippen LogP contribution in [0, 0.1) is 11.8 Å². The molecule has 4 atom stereocenters. The average Bonchev–Trinajstić information content (AvgIpc) is 2.90. The van der Waals surface area contributed by atoms with Gasteiger partial charge in [-0.15, -0.1) is 0 Å². The number of ether oxygens (including phenoxy) is 2. The molecule has 2 heteroatoms. The maximum absolute atomic E-state index is 5.72. The first-order valence-corrected chi connectivity index (χ1v) is 6.43. The van der Waals surface area contributed by atoms with Crippen LogP contribution < -0.4 is 0 Å². The second kappa shape index (κ2) is 4.82. The van der Waals surface area contributed by atoms with Crippen LogP contribution in [0.3, 0.4) is 0 Å². The quantitative estimate of drug-likeness (QED) is 0.724. The summed E-state index contributed by atoms with van der Waals surface area (Å²) in [5, 5.41) is 0. The summed E-state index contributed by atoms with van der Waals surface area (Å²) in [6.07, 6.45) is 20.2. The van der Waals surface area contributed by atoms with E-state index in [1.807, 2.05) is 12.2 Å². The molecule has 2 heterocycles. The first kappa shape index (κ1) is 10.7. The van der Waals surface area contributed by atoms with Crippen LogP contribution in [0.25, 0.3) is 0 Å². The van der Waals surface area contributed by atoms with E-state index < -0.39 is 0 Å². The Labute approximate surface area is 102 Å². The topological polar surface area (TPSA) is 18.5 Å². The Morgan fingerprint density at radius 1 is 0.706 bits per heavy atom. The molecule has 0 aromatic carbocycles. The molecule has 2 aliphatic heterocycles. The molecular formula is C15H18O2. The van der Waals surface area contributed by atoms with Gasteiger partial charge >= 0.3 is 0 Å². The van der Waals surface area contributed by atoms with Crippen LogP contribution in [0.4, 0.5) is 0 Å². The van der Waals surface area contributed by atoms with E-state index in [0.717, 1.165) is 0 Å². The van der Waals surface area contributed by atoms with Gasteiger partial charge in [-0.1, -0.05) is 18.6 Å². The Kier molecular flexibility index (Phi) is 3.04. The predicted octanol–water partition coefficient (Wildman–Crippen LogP) is 3.34. The van der Waals surface area contributed by atoms with E-state index in [2.05, 4.69) is 24.3 Å². The standard InChI is InChI=1S/C15H18O2/c1-3-10-16-14(8-1)12-6-5-7-13(12)15-9-2-4-11-17-15/h1-4,8-15H,5-7H2. The first-order valence-electron chi connectivity index (χ1n) is 6.43. The summed E-state index contributed by atoms with van der Waals surface area (Å²) in [5.41, 5.74) is 0. The van der Waals surface area contributed by atoms with Crippen molar-refractivity contribution in [3.8, 4) is 0 Å². The van der Waals surface area contributed by atoms with Crippen LogP contribution in [0.15, 0.2) is 49.0 Å². The van der Waals surface area contributed by atoms with Crippen molar-refractivity contribution in [3.63, 3.8) is 0 Å². The molecule has 0 aromatic rings. The van der Waals surface area contributed by atoms with Crippen LogP contribution in [0.2, 0.25) is 0 Å². The molecule has 4 unspecified atom stereocenters. The molecule has 0 spiro atoms. The van der Waals surface area contributed by atoms with Crippen molar-refractivity contribution in [2.75, 3.05) is 0 Å². The molecule has 0 aromatic heterocycles. The summed E-state index contributed by atoms with van der Waals surface area (Å²) in [7, 11) is 0. The second-order valence-corrected chi connectivity index (χ2v) is 4.89. The highest BCUT2D eigenvalue weighted by atomic mass is 16.5. The third kappa shape index (κ3) is 2.17. The van der Waals surface area contributed by atoms with Gasteiger partial charge in [-0.3, -0.25) is 0 Å². The highest BCUT2D eigenvalue weighted by Crippen LogP contribution is 2.40. The van der Waals surface area contributed by atoms with Gasteiger partial charge in [0.15, 0.2) is 0 Å². The smallest absolute Gasteiger partial charge is 0.119 e. The fourth-order valence-electron chi connectivity index (χ4n) is 3.12. The summed E-state index contributed by atoms with van der Waals surface area (Å²) in [6.45, 7) is 0. The van der Waals surface area contributed by atoms with Crippen LogP contribution >= 0.6 is 0 Å². The van der Waals surface area contributed by atoms with Gasteiger partial charge in [0.1, 0.15) is 12.2 Å². The van der Waals surface area contributed by atoms with Gasteiger partial charge in [-0.05, 0) is 37.1 Å². The van der Waals surface area contributed by atoms with Gasteiger partial charge in [-0.25, -0.2) is 0 Å². The molecular weight excluding hydrogens is 212 g/mol. The number of rotatable bonds is 2. The fraction of sp³-hybridized carbons (Fsp3) is 0.467. The van der Waals surface area contributed by atoms with E-state index in [-0.39, 0.29) is 12.2 Å². The maximum atomic E-state index is 5.72. The third-order valence-corrected chi connectivity index (χ3v) is 3.92. The predicted molar refractivity (Wildman–Crippen MR) is 67.1 cm³/mol. The van der Waals surface area contributed by atoms with E-state index >= 15 is 0 Å².